The number of nitrogens with one attached hydrogen (secondary N) is 1. The number of aryl methyl sites for hydroxylation is 2. The molecule has 3 nitrogen and oxygen atoms in total. The lowest BCUT2D eigenvalue weighted by Gasteiger charge is -2.11. The van der Waals surface area contributed by atoms with Crippen LogP contribution < -0.4 is 10.1 Å². The van der Waals surface area contributed by atoms with E-state index in [1.807, 2.05) is 32.0 Å². The van der Waals surface area contributed by atoms with Gasteiger partial charge in [-0.2, -0.15) is 0 Å². The summed E-state index contributed by atoms with van der Waals surface area (Å²) in [5.74, 6) is 0.405. The molecule has 1 N–H and O–H groups in total. The average Bonchev–Trinajstić information content (AvgIpc) is 2.44. The Bertz CT molecular complexity index is 671. The van der Waals surface area contributed by atoms with Gasteiger partial charge in [0, 0.05) is 5.02 Å². The molecule has 21 heavy (non-hydrogen) atoms. The van der Waals surface area contributed by atoms with E-state index < -0.39 is 0 Å². The summed E-state index contributed by atoms with van der Waals surface area (Å²) >= 11 is 11.9. The highest BCUT2D eigenvalue weighted by Gasteiger charge is 2.08. The Hall–Kier alpha value is -1.71. The molecule has 2 aromatic carbocycles. The zero-order valence-corrected chi connectivity index (χ0v) is 13.3. The predicted molar refractivity (Wildman–Crippen MR) is 86.5 cm³/mol. The molecular weight excluding hydrogens is 309 g/mol. The van der Waals surface area contributed by atoms with Crippen LogP contribution in [-0.4, -0.2) is 12.5 Å². The second-order valence-corrected chi connectivity index (χ2v) is 5.57. The fourth-order valence-corrected chi connectivity index (χ4v) is 2.12. The smallest absolute Gasteiger partial charge is 0.262 e. The van der Waals surface area contributed by atoms with Crippen LogP contribution in [0.5, 0.6) is 5.75 Å². The third kappa shape index (κ3) is 4.38. The number of anilines is 1. The first-order valence-corrected chi connectivity index (χ1v) is 7.16. The number of rotatable bonds is 4. The molecule has 0 heterocycles. The maximum absolute atomic E-state index is 11.9. The maximum atomic E-state index is 11.9. The first-order valence-electron chi connectivity index (χ1n) is 6.40. The Kier molecular flexibility index (Phi) is 5.10. The molecule has 0 bridgehead atoms. The van der Waals surface area contributed by atoms with Crippen molar-refractivity contribution in [2.24, 2.45) is 0 Å². The van der Waals surface area contributed by atoms with Crippen LogP contribution in [0.15, 0.2) is 36.4 Å². The number of carbonyl (C=O) groups excluding carboxylic acids is 1. The topological polar surface area (TPSA) is 38.3 Å². The van der Waals surface area contributed by atoms with Crippen LogP contribution in [0.4, 0.5) is 5.69 Å². The summed E-state index contributed by atoms with van der Waals surface area (Å²) in [5.41, 5.74) is 2.53. The molecule has 0 atom stereocenters. The molecule has 0 saturated heterocycles. The lowest BCUT2D eigenvalue weighted by atomic mass is 10.1. The van der Waals surface area contributed by atoms with Crippen molar-refractivity contribution in [3.63, 3.8) is 0 Å². The second kappa shape index (κ2) is 6.83. The number of amides is 1. The number of ether oxygens (including phenoxy) is 1. The molecule has 0 spiro atoms. The minimum Gasteiger partial charge on any atom is -0.483 e. The van der Waals surface area contributed by atoms with E-state index >= 15 is 0 Å². The van der Waals surface area contributed by atoms with Crippen molar-refractivity contribution in [1.82, 2.24) is 0 Å². The molecule has 0 aromatic heterocycles. The monoisotopic (exact) mass is 323 g/mol. The zero-order chi connectivity index (χ0) is 15.4. The molecule has 1 amide bonds. The number of carbonyl (C=O) groups is 1. The Labute approximate surface area is 133 Å². The molecule has 0 aliphatic heterocycles. The van der Waals surface area contributed by atoms with Crippen LogP contribution in [0.2, 0.25) is 10.0 Å². The van der Waals surface area contributed by atoms with Crippen molar-refractivity contribution in [2.45, 2.75) is 13.8 Å². The van der Waals surface area contributed by atoms with Gasteiger partial charge in [0.25, 0.3) is 5.91 Å². The van der Waals surface area contributed by atoms with E-state index in [2.05, 4.69) is 5.32 Å². The van der Waals surface area contributed by atoms with Crippen LogP contribution in [0.1, 0.15) is 11.1 Å². The van der Waals surface area contributed by atoms with E-state index in [0.29, 0.717) is 21.5 Å². The van der Waals surface area contributed by atoms with E-state index in [4.69, 9.17) is 27.9 Å². The van der Waals surface area contributed by atoms with Crippen molar-refractivity contribution < 1.29 is 9.53 Å². The summed E-state index contributed by atoms with van der Waals surface area (Å²) in [5, 5.41) is 3.61. The lowest BCUT2D eigenvalue weighted by molar-refractivity contribution is -0.118. The molecule has 0 aliphatic rings. The molecule has 2 rings (SSSR count). The Morgan fingerprint density at radius 3 is 2.67 bits per heavy atom. The summed E-state index contributed by atoms with van der Waals surface area (Å²) in [6.45, 7) is 3.81. The first kappa shape index (κ1) is 15.7. The van der Waals surface area contributed by atoms with Crippen molar-refractivity contribution in [1.29, 1.82) is 0 Å². The molecule has 110 valence electrons. The van der Waals surface area contributed by atoms with Crippen molar-refractivity contribution in [3.05, 3.63) is 57.6 Å². The van der Waals surface area contributed by atoms with E-state index in [1.165, 1.54) is 0 Å². The zero-order valence-electron chi connectivity index (χ0n) is 11.7. The van der Waals surface area contributed by atoms with Gasteiger partial charge in [-0.1, -0.05) is 35.3 Å². The van der Waals surface area contributed by atoms with Crippen molar-refractivity contribution in [2.75, 3.05) is 11.9 Å². The highest BCUT2D eigenvalue weighted by Crippen LogP contribution is 2.25. The summed E-state index contributed by atoms with van der Waals surface area (Å²) < 4.78 is 5.53. The van der Waals surface area contributed by atoms with Gasteiger partial charge in [0.2, 0.25) is 0 Å². The third-order valence-corrected chi connectivity index (χ3v) is 3.47. The number of halogens is 2. The van der Waals surface area contributed by atoms with Gasteiger partial charge in [0.15, 0.2) is 6.61 Å². The van der Waals surface area contributed by atoms with Gasteiger partial charge < -0.3 is 10.1 Å². The van der Waals surface area contributed by atoms with Crippen molar-refractivity contribution in [3.8, 4) is 5.75 Å². The summed E-state index contributed by atoms with van der Waals surface area (Å²) in [4.78, 5) is 11.9. The highest BCUT2D eigenvalue weighted by molar-refractivity contribution is 6.35. The highest BCUT2D eigenvalue weighted by atomic mass is 35.5. The third-order valence-electron chi connectivity index (χ3n) is 2.90. The van der Waals surface area contributed by atoms with E-state index in [9.17, 15) is 4.79 Å². The van der Waals surface area contributed by atoms with Gasteiger partial charge in [0.05, 0.1) is 10.7 Å². The van der Waals surface area contributed by atoms with Gasteiger partial charge in [-0.25, -0.2) is 0 Å². The number of benzene rings is 2. The Morgan fingerprint density at radius 1 is 1.14 bits per heavy atom. The molecule has 0 fully saturated rings. The van der Waals surface area contributed by atoms with Crippen LogP contribution in [0, 0.1) is 13.8 Å². The Morgan fingerprint density at radius 2 is 1.90 bits per heavy atom. The first-order chi connectivity index (χ1) is 9.95. The van der Waals surface area contributed by atoms with Gasteiger partial charge in [-0.3, -0.25) is 4.79 Å². The van der Waals surface area contributed by atoms with Gasteiger partial charge in [-0.05, 0) is 49.2 Å². The normalized spacial score (nSPS) is 10.3. The number of hydrogen-bond donors (Lipinski definition) is 1. The van der Waals surface area contributed by atoms with Gasteiger partial charge in [0.1, 0.15) is 5.75 Å². The average molecular weight is 324 g/mol. The molecular formula is C16H15Cl2NO2. The predicted octanol–water partition coefficient (Wildman–Crippen LogP) is 4.63. The summed E-state index contributed by atoms with van der Waals surface area (Å²) in [6, 6.07) is 10.7. The summed E-state index contributed by atoms with van der Waals surface area (Å²) in [6.07, 6.45) is 0. The molecule has 0 unspecified atom stereocenters. The Balaban J connectivity index is 1.99. The lowest BCUT2D eigenvalue weighted by Crippen LogP contribution is -2.20. The van der Waals surface area contributed by atoms with Gasteiger partial charge in [-0.15, -0.1) is 0 Å². The van der Waals surface area contributed by atoms with Crippen LogP contribution in [0.3, 0.4) is 0 Å². The quantitative estimate of drug-likeness (QED) is 0.890. The van der Waals surface area contributed by atoms with Crippen molar-refractivity contribution >= 4 is 34.8 Å². The fraction of sp³-hybridized carbons (Fsp3) is 0.188. The molecule has 2 aromatic rings. The summed E-state index contributed by atoms with van der Waals surface area (Å²) in [7, 11) is 0. The van der Waals surface area contributed by atoms with Crippen LogP contribution >= 0.6 is 23.2 Å². The molecule has 0 saturated carbocycles. The molecule has 5 heteroatoms. The second-order valence-electron chi connectivity index (χ2n) is 4.73. The van der Waals surface area contributed by atoms with Crippen LogP contribution in [0.25, 0.3) is 0 Å². The van der Waals surface area contributed by atoms with Crippen LogP contribution in [-0.2, 0) is 4.79 Å². The van der Waals surface area contributed by atoms with E-state index in [-0.39, 0.29) is 12.5 Å². The molecule has 0 aliphatic carbocycles. The minimum absolute atomic E-state index is 0.0901. The molecule has 0 radical (unpaired) electrons. The van der Waals surface area contributed by atoms with E-state index in [1.54, 1.807) is 18.2 Å². The standard InChI is InChI=1S/C16H15Cl2NO2/c1-10-3-4-11(2)15(7-10)21-9-16(20)19-14-8-12(17)5-6-13(14)18/h3-8H,9H2,1-2H3,(H,19,20). The number of hydrogen-bond acceptors (Lipinski definition) is 2. The SMILES string of the molecule is Cc1ccc(C)c(OCC(=O)Nc2cc(Cl)ccc2Cl)c1. The fourth-order valence-electron chi connectivity index (χ4n) is 1.79. The van der Waals surface area contributed by atoms with E-state index in [0.717, 1.165) is 11.1 Å². The minimum atomic E-state index is -0.292. The van der Waals surface area contributed by atoms with Gasteiger partial charge >= 0.3 is 0 Å². The maximum Gasteiger partial charge on any atom is 0.262 e. The largest absolute Gasteiger partial charge is 0.483 e.